The van der Waals surface area contributed by atoms with Crippen LogP contribution < -0.4 is 0 Å². The zero-order valence-corrected chi connectivity index (χ0v) is 18.1. The van der Waals surface area contributed by atoms with E-state index >= 15 is 0 Å². The smallest absolute Gasteiger partial charge is 0.255 e. The van der Waals surface area contributed by atoms with Crippen LogP contribution in [-0.4, -0.2) is 72.2 Å². The number of aryl methyl sites for hydroxylation is 1. The Labute approximate surface area is 183 Å². The molecule has 2 fully saturated rings. The first kappa shape index (κ1) is 21.5. The monoisotopic (exact) mass is 423 g/mol. The zero-order valence-electron chi connectivity index (χ0n) is 18.1. The molecular weight excluding hydrogens is 394 g/mol. The Kier molecular flexibility index (Phi) is 6.63. The van der Waals surface area contributed by atoms with Gasteiger partial charge in [-0.2, -0.15) is 0 Å². The van der Waals surface area contributed by atoms with Crippen LogP contribution in [0.1, 0.15) is 40.4 Å². The van der Waals surface area contributed by atoms with Crippen molar-refractivity contribution in [1.82, 2.24) is 14.8 Å². The van der Waals surface area contributed by atoms with Gasteiger partial charge in [-0.15, -0.1) is 0 Å². The van der Waals surface area contributed by atoms with Crippen molar-refractivity contribution < 1.29 is 19.1 Å². The lowest BCUT2D eigenvalue weighted by Gasteiger charge is -2.52. The van der Waals surface area contributed by atoms with Crippen LogP contribution in [0.2, 0.25) is 0 Å². The van der Waals surface area contributed by atoms with Gasteiger partial charge in [0.25, 0.3) is 11.8 Å². The highest BCUT2D eigenvalue weighted by atomic mass is 16.5. The fourth-order valence-electron chi connectivity index (χ4n) is 4.51. The minimum Gasteiger partial charge on any atom is -0.382 e. The second-order valence-electron chi connectivity index (χ2n) is 8.15. The second kappa shape index (κ2) is 9.58. The van der Waals surface area contributed by atoms with Gasteiger partial charge in [-0.3, -0.25) is 14.6 Å². The molecule has 0 aliphatic carbocycles. The Bertz CT molecular complexity index is 912. The molecule has 2 saturated heterocycles. The van der Waals surface area contributed by atoms with Crippen molar-refractivity contribution in [2.24, 2.45) is 0 Å². The number of benzene rings is 1. The predicted octanol–water partition coefficient (Wildman–Crippen LogP) is 2.61. The number of rotatable bonds is 7. The van der Waals surface area contributed by atoms with Gasteiger partial charge in [0.1, 0.15) is 0 Å². The van der Waals surface area contributed by atoms with Gasteiger partial charge in [-0.1, -0.05) is 17.7 Å². The number of amides is 2. The fourth-order valence-corrected chi connectivity index (χ4v) is 4.51. The standard InChI is InChI=1S/C24H29N3O4/c1-17-4-3-5-19(16-17)23(28)26-12-8-20(9-13-26)27-21(18-6-10-25-11-7-18)22(24(27)29)31-15-14-30-2/h3-7,10-11,16,20-22H,8-9,12-15H2,1-2H3/t21-,22+/m0/s1. The second-order valence-corrected chi connectivity index (χ2v) is 8.15. The maximum atomic E-state index is 13.0. The quantitative estimate of drug-likeness (QED) is 0.506. The molecule has 2 amide bonds. The third kappa shape index (κ3) is 4.48. The van der Waals surface area contributed by atoms with Gasteiger partial charge < -0.3 is 19.3 Å². The maximum Gasteiger partial charge on any atom is 0.255 e. The van der Waals surface area contributed by atoms with Crippen molar-refractivity contribution >= 4 is 11.8 Å². The predicted molar refractivity (Wildman–Crippen MR) is 116 cm³/mol. The fraction of sp³-hybridized carbons (Fsp3) is 0.458. The number of carbonyl (C=O) groups excluding carboxylic acids is 2. The van der Waals surface area contributed by atoms with E-state index in [1.165, 1.54) is 0 Å². The first-order valence-corrected chi connectivity index (χ1v) is 10.8. The number of nitrogens with zero attached hydrogens (tertiary/aromatic N) is 3. The highest BCUT2D eigenvalue weighted by molar-refractivity contribution is 5.94. The van der Waals surface area contributed by atoms with Crippen LogP contribution in [0.3, 0.4) is 0 Å². The lowest BCUT2D eigenvalue weighted by Crippen LogP contribution is -2.65. The molecule has 0 radical (unpaired) electrons. The van der Waals surface area contributed by atoms with Gasteiger partial charge in [-0.05, 0) is 49.6 Å². The van der Waals surface area contributed by atoms with Crippen molar-refractivity contribution in [3.05, 3.63) is 65.5 Å². The Morgan fingerprint density at radius 1 is 1.13 bits per heavy atom. The van der Waals surface area contributed by atoms with Crippen molar-refractivity contribution in [2.75, 3.05) is 33.4 Å². The van der Waals surface area contributed by atoms with Crippen LogP contribution in [0.15, 0.2) is 48.8 Å². The molecule has 0 spiro atoms. The van der Waals surface area contributed by atoms with E-state index in [4.69, 9.17) is 9.47 Å². The van der Waals surface area contributed by atoms with E-state index in [2.05, 4.69) is 4.98 Å². The molecule has 3 heterocycles. The van der Waals surface area contributed by atoms with Gasteiger partial charge in [0.05, 0.1) is 19.3 Å². The van der Waals surface area contributed by atoms with E-state index in [0.717, 1.165) is 29.5 Å². The summed E-state index contributed by atoms with van der Waals surface area (Å²) in [5, 5.41) is 0. The van der Waals surface area contributed by atoms with E-state index < -0.39 is 6.10 Å². The van der Waals surface area contributed by atoms with Gasteiger partial charge in [0, 0.05) is 44.2 Å². The molecular formula is C24H29N3O4. The highest BCUT2D eigenvalue weighted by Gasteiger charge is 2.52. The van der Waals surface area contributed by atoms with Crippen LogP contribution in [0.5, 0.6) is 0 Å². The molecule has 4 rings (SSSR count). The van der Waals surface area contributed by atoms with Crippen molar-refractivity contribution in [1.29, 1.82) is 0 Å². The van der Waals surface area contributed by atoms with Crippen LogP contribution in [0, 0.1) is 6.92 Å². The topological polar surface area (TPSA) is 72.0 Å². The Morgan fingerprint density at radius 2 is 1.87 bits per heavy atom. The number of methoxy groups -OCH3 is 1. The number of ether oxygens (including phenoxy) is 2. The molecule has 7 nitrogen and oxygen atoms in total. The van der Waals surface area contributed by atoms with Crippen LogP contribution in [0.4, 0.5) is 0 Å². The molecule has 1 aromatic heterocycles. The molecule has 0 unspecified atom stereocenters. The number of pyridine rings is 1. The number of likely N-dealkylation sites (tertiary alicyclic amines) is 2. The molecule has 31 heavy (non-hydrogen) atoms. The average molecular weight is 424 g/mol. The third-order valence-corrected chi connectivity index (χ3v) is 6.13. The third-order valence-electron chi connectivity index (χ3n) is 6.13. The lowest BCUT2D eigenvalue weighted by atomic mass is 9.86. The number of carbonyl (C=O) groups is 2. The average Bonchev–Trinajstić information content (AvgIpc) is 2.80. The summed E-state index contributed by atoms with van der Waals surface area (Å²) in [6.07, 6.45) is 4.51. The molecule has 2 aromatic rings. The van der Waals surface area contributed by atoms with Gasteiger partial charge in [0.2, 0.25) is 0 Å². The summed E-state index contributed by atoms with van der Waals surface area (Å²) in [5.74, 6) is 0.0740. The molecule has 0 N–H and O–H groups in total. The molecule has 7 heteroatoms. The maximum absolute atomic E-state index is 13.0. The molecule has 0 saturated carbocycles. The summed E-state index contributed by atoms with van der Waals surface area (Å²) in [6.45, 7) is 4.10. The molecule has 1 aromatic carbocycles. The Morgan fingerprint density at radius 3 is 2.55 bits per heavy atom. The van der Waals surface area contributed by atoms with E-state index in [-0.39, 0.29) is 23.9 Å². The summed E-state index contributed by atoms with van der Waals surface area (Å²) < 4.78 is 10.9. The lowest BCUT2D eigenvalue weighted by molar-refractivity contribution is -0.183. The number of hydrogen-bond acceptors (Lipinski definition) is 5. The minimum absolute atomic E-state index is 0.0152. The zero-order chi connectivity index (χ0) is 21.8. The summed E-state index contributed by atoms with van der Waals surface area (Å²) in [5.41, 5.74) is 2.82. The van der Waals surface area contributed by atoms with Crippen molar-refractivity contribution in [2.45, 2.75) is 38.0 Å². The van der Waals surface area contributed by atoms with Crippen molar-refractivity contribution in [3.8, 4) is 0 Å². The molecule has 2 aliphatic heterocycles. The molecule has 2 atom stereocenters. The number of β-lactam (4-membered cyclic amide) rings is 1. The van der Waals surface area contributed by atoms with Crippen LogP contribution in [-0.2, 0) is 14.3 Å². The highest BCUT2D eigenvalue weighted by Crippen LogP contribution is 2.40. The summed E-state index contributed by atoms with van der Waals surface area (Å²) >= 11 is 0. The van der Waals surface area contributed by atoms with Crippen molar-refractivity contribution in [3.63, 3.8) is 0 Å². The van der Waals surface area contributed by atoms with E-state index in [0.29, 0.717) is 26.3 Å². The molecule has 2 aliphatic rings. The van der Waals surface area contributed by atoms with E-state index in [9.17, 15) is 9.59 Å². The minimum atomic E-state index is -0.496. The SMILES string of the molecule is COCCO[C@H]1C(=O)N(C2CCN(C(=O)c3cccc(C)c3)CC2)[C@H]1c1ccncc1. The summed E-state index contributed by atoms with van der Waals surface area (Å²) in [7, 11) is 1.62. The van der Waals surface area contributed by atoms with Crippen LogP contribution in [0.25, 0.3) is 0 Å². The normalized spacial score (nSPS) is 21.8. The number of aromatic nitrogens is 1. The summed E-state index contributed by atoms with van der Waals surface area (Å²) in [4.78, 5) is 33.8. The van der Waals surface area contributed by atoms with Gasteiger partial charge >= 0.3 is 0 Å². The van der Waals surface area contributed by atoms with Crippen LogP contribution >= 0.6 is 0 Å². The molecule has 0 bridgehead atoms. The summed E-state index contributed by atoms with van der Waals surface area (Å²) in [6, 6.07) is 11.5. The molecule has 164 valence electrons. The van der Waals surface area contributed by atoms with E-state index in [1.54, 1.807) is 19.5 Å². The van der Waals surface area contributed by atoms with Gasteiger partial charge in [-0.25, -0.2) is 0 Å². The Balaban J connectivity index is 1.43. The van der Waals surface area contributed by atoms with Gasteiger partial charge in [0.15, 0.2) is 6.10 Å². The Hall–Kier alpha value is -2.77. The number of hydrogen-bond donors (Lipinski definition) is 0. The van der Waals surface area contributed by atoms with E-state index in [1.807, 2.05) is 53.1 Å². The first-order chi connectivity index (χ1) is 15.1. The largest absolute Gasteiger partial charge is 0.382 e. The first-order valence-electron chi connectivity index (χ1n) is 10.8. The number of piperidine rings is 1.